The predicted molar refractivity (Wildman–Crippen MR) is 121 cm³/mol. The molecule has 0 aliphatic heterocycles. The highest BCUT2D eigenvalue weighted by Crippen LogP contribution is 2.20. The maximum absolute atomic E-state index is 13.4. The fourth-order valence-electron chi connectivity index (χ4n) is 3.39. The van der Waals surface area contributed by atoms with E-state index < -0.39 is 22.9 Å². The lowest BCUT2D eigenvalue weighted by molar-refractivity contribution is -0.116. The number of carbonyl (C=O) groups excluding carboxylic acids is 2. The Balaban J connectivity index is 1.75. The molecule has 2 aromatic carbocycles. The van der Waals surface area contributed by atoms with Crippen LogP contribution in [0.3, 0.4) is 0 Å². The van der Waals surface area contributed by atoms with Gasteiger partial charge in [0.05, 0.1) is 16.1 Å². The van der Waals surface area contributed by atoms with Gasteiger partial charge in [-0.25, -0.2) is 4.39 Å². The number of hydrogen-bond donors (Lipinski definition) is 1. The average Bonchev–Trinajstić information content (AvgIpc) is 2.78. The van der Waals surface area contributed by atoms with Crippen LogP contribution in [0, 0.1) is 12.7 Å². The molecular formula is C24H17ClFN3O3. The Kier molecular flexibility index (Phi) is 5.83. The summed E-state index contributed by atoms with van der Waals surface area (Å²) in [6.45, 7) is 1.66. The van der Waals surface area contributed by atoms with Gasteiger partial charge in [0.2, 0.25) is 11.3 Å². The zero-order chi connectivity index (χ0) is 22.8. The number of hydrogen-bond acceptors (Lipinski definition) is 4. The second-order valence-corrected chi connectivity index (χ2v) is 7.67. The van der Waals surface area contributed by atoms with Gasteiger partial charge < -0.3 is 9.88 Å². The van der Waals surface area contributed by atoms with Crippen LogP contribution >= 0.6 is 11.6 Å². The number of halogens is 2. The number of carbonyl (C=O) groups is 2. The second kappa shape index (κ2) is 8.72. The van der Waals surface area contributed by atoms with Gasteiger partial charge in [0.1, 0.15) is 12.4 Å². The number of pyridine rings is 2. The summed E-state index contributed by atoms with van der Waals surface area (Å²) in [5, 5.41) is 2.87. The molecule has 0 aliphatic rings. The normalized spacial score (nSPS) is 10.8. The number of aryl methyl sites for hydroxylation is 1. The first kappa shape index (κ1) is 21.4. The average molecular weight is 450 g/mol. The quantitative estimate of drug-likeness (QED) is 0.459. The Bertz CT molecular complexity index is 1420. The molecule has 6 nitrogen and oxygen atoms in total. The Labute approximate surface area is 187 Å². The van der Waals surface area contributed by atoms with Crippen LogP contribution in [0.1, 0.15) is 21.5 Å². The molecule has 1 N–H and O–H groups in total. The van der Waals surface area contributed by atoms with Gasteiger partial charge in [-0.1, -0.05) is 23.2 Å². The molecule has 0 radical (unpaired) electrons. The molecular weight excluding hydrogens is 433 g/mol. The van der Waals surface area contributed by atoms with Crippen LogP contribution in [0.5, 0.6) is 0 Å². The fraction of sp³-hybridized carbons (Fsp3) is 0.0833. The zero-order valence-electron chi connectivity index (χ0n) is 16.9. The lowest BCUT2D eigenvalue weighted by Gasteiger charge is -2.14. The van der Waals surface area contributed by atoms with Crippen molar-refractivity contribution in [3.63, 3.8) is 0 Å². The van der Waals surface area contributed by atoms with Gasteiger partial charge in [0.15, 0.2) is 5.78 Å². The molecule has 0 bridgehead atoms. The Morgan fingerprint density at radius 1 is 1.09 bits per heavy atom. The summed E-state index contributed by atoms with van der Waals surface area (Å²) in [4.78, 5) is 42.7. The van der Waals surface area contributed by atoms with E-state index in [-0.39, 0.29) is 17.1 Å². The Hall–Kier alpha value is -3.84. The van der Waals surface area contributed by atoms with E-state index in [2.05, 4.69) is 10.3 Å². The molecule has 1 amide bonds. The number of benzene rings is 2. The maximum Gasteiger partial charge on any atom is 0.244 e. The molecule has 32 heavy (non-hydrogen) atoms. The lowest BCUT2D eigenvalue weighted by Crippen LogP contribution is -2.24. The standard InChI is InChI=1S/C24H17ClFN3O3/c1-14-2-5-21-17(10-14)24(32)18(23(31)15-6-8-27-9-7-15)12-29(21)13-22(30)28-16-3-4-20(26)19(25)11-16/h2-12H,13H2,1H3,(H,28,30). The number of aromatic nitrogens is 2. The monoisotopic (exact) mass is 449 g/mol. The molecule has 0 aliphatic carbocycles. The predicted octanol–water partition coefficient (Wildman–Crippen LogP) is 4.37. The van der Waals surface area contributed by atoms with Crippen LogP contribution in [0.2, 0.25) is 5.02 Å². The highest BCUT2D eigenvalue weighted by molar-refractivity contribution is 6.31. The SMILES string of the molecule is Cc1ccc2c(c1)c(=O)c(C(=O)c1ccncc1)cn2CC(=O)Nc1ccc(F)c(Cl)c1. The molecule has 0 atom stereocenters. The van der Waals surface area contributed by atoms with Gasteiger partial charge in [-0.05, 0) is 49.4 Å². The number of ketones is 1. The van der Waals surface area contributed by atoms with Crippen LogP contribution in [0.25, 0.3) is 10.9 Å². The minimum Gasteiger partial charge on any atom is -0.337 e. The van der Waals surface area contributed by atoms with Gasteiger partial charge in [-0.15, -0.1) is 0 Å². The molecule has 0 spiro atoms. The Morgan fingerprint density at radius 2 is 1.84 bits per heavy atom. The third-order valence-electron chi connectivity index (χ3n) is 4.94. The maximum atomic E-state index is 13.4. The van der Waals surface area contributed by atoms with Crippen LogP contribution in [0.15, 0.2) is 71.9 Å². The van der Waals surface area contributed by atoms with E-state index in [1.165, 1.54) is 42.9 Å². The molecule has 2 aromatic heterocycles. The molecule has 8 heteroatoms. The largest absolute Gasteiger partial charge is 0.337 e. The van der Waals surface area contributed by atoms with E-state index in [4.69, 9.17) is 11.6 Å². The van der Waals surface area contributed by atoms with Crippen molar-refractivity contribution >= 4 is 39.9 Å². The second-order valence-electron chi connectivity index (χ2n) is 7.26. The van der Waals surface area contributed by atoms with Crippen molar-refractivity contribution in [1.29, 1.82) is 0 Å². The van der Waals surface area contributed by atoms with Gasteiger partial charge in [0, 0.05) is 35.2 Å². The molecule has 0 saturated carbocycles. The molecule has 4 rings (SSSR count). The van der Waals surface area contributed by atoms with Crippen LogP contribution in [-0.2, 0) is 11.3 Å². The third kappa shape index (κ3) is 4.29. The summed E-state index contributed by atoms with van der Waals surface area (Å²) in [6, 6.07) is 12.1. The molecule has 0 fully saturated rings. The van der Waals surface area contributed by atoms with Crippen LogP contribution in [0.4, 0.5) is 10.1 Å². The van der Waals surface area contributed by atoms with E-state index in [1.54, 1.807) is 16.7 Å². The van der Waals surface area contributed by atoms with Crippen molar-refractivity contribution < 1.29 is 14.0 Å². The zero-order valence-corrected chi connectivity index (χ0v) is 17.7. The first-order valence-corrected chi connectivity index (χ1v) is 10.0. The van der Waals surface area contributed by atoms with Gasteiger partial charge in [0.25, 0.3) is 0 Å². The van der Waals surface area contributed by atoms with Gasteiger partial charge in [-0.2, -0.15) is 0 Å². The number of nitrogens with one attached hydrogen (secondary N) is 1. The fourth-order valence-corrected chi connectivity index (χ4v) is 3.57. The summed E-state index contributed by atoms with van der Waals surface area (Å²) in [5.41, 5.74) is 1.55. The number of anilines is 1. The molecule has 0 saturated heterocycles. The number of nitrogens with zero attached hydrogens (tertiary/aromatic N) is 2. The molecule has 2 heterocycles. The van der Waals surface area contributed by atoms with Crippen LogP contribution in [-0.4, -0.2) is 21.2 Å². The molecule has 4 aromatic rings. The van der Waals surface area contributed by atoms with E-state index in [9.17, 15) is 18.8 Å². The van der Waals surface area contributed by atoms with Gasteiger partial charge >= 0.3 is 0 Å². The number of amides is 1. The Morgan fingerprint density at radius 3 is 2.56 bits per heavy atom. The lowest BCUT2D eigenvalue weighted by atomic mass is 10.0. The summed E-state index contributed by atoms with van der Waals surface area (Å²) in [7, 11) is 0. The molecule has 0 unspecified atom stereocenters. The highest BCUT2D eigenvalue weighted by atomic mass is 35.5. The first-order valence-electron chi connectivity index (χ1n) is 9.67. The van der Waals surface area contributed by atoms with Crippen molar-refractivity contribution in [2.24, 2.45) is 0 Å². The van der Waals surface area contributed by atoms with Crippen molar-refractivity contribution in [2.45, 2.75) is 13.5 Å². The highest BCUT2D eigenvalue weighted by Gasteiger charge is 2.18. The minimum absolute atomic E-state index is 0.0491. The molecule has 160 valence electrons. The topological polar surface area (TPSA) is 81.1 Å². The van der Waals surface area contributed by atoms with E-state index in [0.717, 1.165) is 11.6 Å². The van der Waals surface area contributed by atoms with E-state index in [1.807, 2.05) is 13.0 Å². The summed E-state index contributed by atoms with van der Waals surface area (Å²) in [5.74, 6) is -1.48. The van der Waals surface area contributed by atoms with Crippen molar-refractivity contribution in [2.75, 3.05) is 5.32 Å². The van der Waals surface area contributed by atoms with Crippen molar-refractivity contribution in [1.82, 2.24) is 9.55 Å². The number of fused-ring (bicyclic) bond motifs is 1. The van der Waals surface area contributed by atoms with E-state index in [0.29, 0.717) is 22.2 Å². The van der Waals surface area contributed by atoms with E-state index >= 15 is 0 Å². The minimum atomic E-state index is -0.592. The van der Waals surface area contributed by atoms with Crippen LogP contribution < -0.4 is 10.7 Å². The summed E-state index contributed by atoms with van der Waals surface area (Å²) in [6.07, 6.45) is 4.33. The van der Waals surface area contributed by atoms with Crippen molar-refractivity contribution in [3.05, 3.63) is 105 Å². The summed E-state index contributed by atoms with van der Waals surface area (Å²) < 4.78 is 14.9. The van der Waals surface area contributed by atoms with Crippen molar-refractivity contribution in [3.8, 4) is 0 Å². The van der Waals surface area contributed by atoms with Gasteiger partial charge in [-0.3, -0.25) is 19.4 Å². The number of rotatable bonds is 5. The summed E-state index contributed by atoms with van der Waals surface area (Å²) >= 11 is 5.77. The smallest absolute Gasteiger partial charge is 0.244 e. The first-order chi connectivity index (χ1) is 15.3. The third-order valence-corrected chi connectivity index (χ3v) is 5.23.